The first kappa shape index (κ1) is 25.3. The molecule has 9 nitrogen and oxygen atoms in total. The quantitative estimate of drug-likeness (QED) is 0.336. The van der Waals surface area contributed by atoms with Crippen molar-refractivity contribution in [3.05, 3.63) is 77.2 Å². The molecule has 2 N–H and O–H groups in total. The monoisotopic (exact) mass is 512 g/mol. The number of benzene rings is 2. The second-order valence-electron chi connectivity index (χ2n) is 8.19. The predicted molar refractivity (Wildman–Crippen MR) is 134 cm³/mol. The van der Waals surface area contributed by atoms with Crippen molar-refractivity contribution in [1.82, 2.24) is 24.6 Å². The maximum atomic E-state index is 13.5. The summed E-state index contributed by atoms with van der Waals surface area (Å²) >= 11 is 5.86. The molecule has 11 heteroatoms. The largest absolute Gasteiger partial charge is 0.469 e. The standard InChI is InChI=1S/C25H26ClFN6O3/c1-16(33(10-5-11-34)25(35)30-17-8-9-22(27)21(26)12-17)20-13-28-24(19-7-4-3-6-18(19)20)36-14-23-29-15-32(2)31-23/h3-4,6-9,12-13,15-16,34H,5,10-11,14H2,1-2H3,(H,30,35)/t16-/m0/s1. The number of carbonyl (C=O) groups is 1. The molecule has 0 fully saturated rings. The maximum absolute atomic E-state index is 13.5. The van der Waals surface area contributed by atoms with Gasteiger partial charge in [-0.05, 0) is 43.0 Å². The average Bonchev–Trinajstić information content (AvgIpc) is 3.29. The van der Waals surface area contributed by atoms with E-state index < -0.39 is 17.9 Å². The predicted octanol–water partition coefficient (Wildman–Crippen LogP) is 4.71. The van der Waals surface area contributed by atoms with Gasteiger partial charge in [-0.3, -0.25) is 4.68 Å². The number of aliphatic hydroxyl groups is 1. The van der Waals surface area contributed by atoms with E-state index in [1.807, 2.05) is 31.2 Å². The minimum Gasteiger partial charge on any atom is -0.469 e. The van der Waals surface area contributed by atoms with Crippen LogP contribution >= 0.6 is 11.6 Å². The van der Waals surface area contributed by atoms with Gasteiger partial charge in [0.25, 0.3) is 0 Å². The van der Waals surface area contributed by atoms with Crippen LogP contribution in [0.5, 0.6) is 5.88 Å². The number of halogens is 2. The molecule has 0 bridgehead atoms. The van der Waals surface area contributed by atoms with Gasteiger partial charge in [-0.25, -0.2) is 19.2 Å². The summed E-state index contributed by atoms with van der Waals surface area (Å²) in [4.78, 5) is 23.5. The van der Waals surface area contributed by atoms with Crippen molar-refractivity contribution in [3.63, 3.8) is 0 Å². The lowest BCUT2D eigenvalue weighted by Crippen LogP contribution is -2.38. The van der Waals surface area contributed by atoms with Gasteiger partial charge in [0.2, 0.25) is 5.88 Å². The number of nitrogens with one attached hydrogen (secondary N) is 1. The Morgan fingerprint density at radius 2 is 2.03 bits per heavy atom. The Labute approximate surface area is 212 Å². The molecule has 4 aromatic rings. The summed E-state index contributed by atoms with van der Waals surface area (Å²) < 4.78 is 21.0. The SMILES string of the molecule is C[C@@H](c1cnc(OCc2ncn(C)n2)c2ccccc12)N(CCCO)C(=O)Nc1ccc(F)c(Cl)c1. The normalized spacial score (nSPS) is 11.9. The van der Waals surface area contributed by atoms with E-state index in [1.165, 1.54) is 18.2 Å². The molecule has 0 aliphatic rings. The van der Waals surface area contributed by atoms with Crippen LogP contribution in [0.25, 0.3) is 10.8 Å². The number of hydrogen-bond acceptors (Lipinski definition) is 6. The number of amides is 2. The number of fused-ring (bicyclic) bond motifs is 1. The van der Waals surface area contributed by atoms with Crippen LogP contribution in [0, 0.1) is 5.82 Å². The van der Waals surface area contributed by atoms with E-state index in [9.17, 15) is 14.3 Å². The Hall–Kier alpha value is -3.76. The molecule has 0 aliphatic carbocycles. The zero-order valence-corrected chi connectivity index (χ0v) is 20.6. The lowest BCUT2D eigenvalue weighted by atomic mass is 10.0. The molecule has 0 saturated heterocycles. The van der Waals surface area contributed by atoms with E-state index in [4.69, 9.17) is 16.3 Å². The molecule has 4 rings (SSSR count). The van der Waals surface area contributed by atoms with Crippen LogP contribution in [0.3, 0.4) is 0 Å². The zero-order valence-electron chi connectivity index (χ0n) is 19.9. The van der Waals surface area contributed by atoms with Crippen molar-refractivity contribution >= 4 is 34.1 Å². The smallest absolute Gasteiger partial charge is 0.322 e. The van der Waals surface area contributed by atoms with Gasteiger partial charge in [-0.15, -0.1) is 0 Å². The number of urea groups is 1. The van der Waals surface area contributed by atoms with Crippen molar-refractivity contribution in [2.45, 2.75) is 26.0 Å². The summed E-state index contributed by atoms with van der Waals surface area (Å²) in [6.07, 6.45) is 3.66. The first-order valence-corrected chi connectivity index (χ1v) is 11.7. The Kier molecular flexibility index (Phi) is 7.97. The summed E-state index contributed by atoms with van der Waals surface area (Å²) in [5, 5.41) is 18.0. The molecule has 2 aromatic carbocycles. The van der Waals surface area contributed by atoms with E-state index in [1.54, 1.807) is 29.2 Å². The van der Waals surface area contributed by atoms with Crippen LogP contribution in [0.1, 0.15) is 30.8 Å². The molecule has 0 unspecified atom stereocenters. The summed E-state index contributed by atoms with van der Waals surface area (Å²) in [7, 11) is 1.78. The molecule has 0 saturated carbocycles. The summed E-state index contributed by atoms with van der Waals surface area (Å²) in [5.41, 5.74) is 1.17. The van der Waals surface area contributed by atoms with Gasteiger partial charge in [0.05, 0.1) is 11.1 Å². The van der Waals surface area contributed by atoms with E-state index in [2.05, 4.69) is 20.4 Å². The van der Waals surface area contributed by atoms with Crippen LogP contribution < -0.4 is 10.1 Å². The van der Waals surface area contributed by atoms with Gasteiger partial charge in [-0.2, -0.15) is 5.10 Å². The number of aromatic nitrogens is 4. The van der Waals surface area contributed by atoms with Crippen molar-refractivity contribution in [2.75, 3.05) is 18.5 Å². The molecule has 1 atom stereocenters. The van der Waals surface area contributed by atoms with Crippen LogP contribution in [0.2, 0.25) is 5.02 Å². The molecule has 36 heavy (non-hydrogen) atoms. The van der Waals surface area contributed by atoms with Gasteiger partial charge in [0, 0.05) is 43.0 Å². The minimum atomic E-state index is -0.571. The van der Waals surface area contributed by atoms with Crippen molar-refractivity contribution in [1.29, 1.82) is 0 Å². The van der Waals surface area contributed by atoms with E-state index in [0.29, 0.717) is 23.8 Å². The highest BCUT2D eigenvalue weighted by Crippen LogP contribution is 2.33. The first-order valence-electron chi connectivity index (χ1n) is 11.4. The second kappa shape index (κ2) is 11.3. The third-order valence-corrected chi connectivity index (χ3v) is 5.97. The number of aliphatic hydroxyl groups excluding tert-OH is 1. The number of ether oxygens (including phenoxy) is 1. The van der Waals surface area contributed by atoms with E-state index in [-0.39, 0.29) is 24.8 Å². The topological polar surface area (TPSA) is 105 Å². The molecule has 2 heterocycles. The fourth-order valence-corrected chi connectivity index (χ4v) is 4.05. The number of hydrogen-bond donors (Lipinski definition) is 2. The van der Waals surface area contributed by atoms with Gasteiger partial charge in [0.15, 0.2) is 12.4 Å². The number of nitrogens with zero attached hydrogens (tertiary/aromatic N) is 5. The van der Waals surface area contributed by atoms with Gasteiger partial charge >= 0.3 is 6.03 Å². The number of carbonyl (C=O) groups excluding carboxylic acids is 1. The molecule has 188 valence electrons. The minimum absolute atomic E-state index is 0.0772. The second-order valence-corrected chi connectivity index (χ2v) is 8.60. The fourth-order valence-electron chi connectivity index (χ4n) is 3.87. The average molecular weight is 513 g/mol. The number of rotatable bonds is 9. The molecule has 0 spiro atoms. The highest BCUT2D eigenvalue weighted by molar-refractivity contribution is 6.31. The number of aryl methyl sites for hydroxylation is 1. The van der Waals surface area contributed by atoms with Crippen LogP contribution in [-0.2, 0) is 13.7 Å². The Morgan fingerprint density at radius 3 is 2.72 bits per heavy atom. The van der Waals surface area contributed by atoms with Gasteiger partial charge in [-0.1, -0.05) is 29.8 Å². The third-order valence-electron chi connectivity index (χ3n) is 5.68. The van der Waals surface area contributed by atoms with Gasteiger partial charge in [0.1, 0.15) is 12.1 Å². The summed E-state index contributed by atoms with van der Waals surface area (Å²) in [6.45, 7) is 2.26. The molecule has 2 aromatic heterocycles. The molecule has 0 radical (unpaired) electrons. The van der Waals surface area contributed by atoms with Crippen molar-refractivity contribution < 1.29 is 19.0 Å². The highest BCUT2D eigenvalue weighted by Gasteiger charge is 2.24. The summed E-state index contributed by atoms with van der Waals surface area (Å²) in [5.74, 6) is 0.397. The highest BCUT2D eigenvalue weighted by atomic mass is 35.5. The maximum Gasteiger partial charge on any atom is 0.322 e. The third kappa shape index (κ3) is 5.72. The summed E-state index contributed by atoms with van der Waals surface area (Å²) in [6, 6.07) is 10.8. The number of pyridine rings is 1. The van der Waals surface area contributed by atoms with Crippen LogP contribution in [-0.4, -0.2) is 48.9 Å². The Morgan fingerprint density at radius 1 is 1.25 bits per heavy atom. The number of anilines is 1. The van der Waals surface area contributed by atoms with Crippen molar-refractivity contribution in [3.8, 4) is 5.88 Å². The lowest BCUT2D eigenvalue weighted by molar-refractivity contribution is 0.182. The molecule has 2 amide bonds. The lowest BCUT2D eigenvalue weighted by Gasteiger charge is -2.30. The van der Waals surface area contributed by atoms with Crippen molar-refractivity contribution in [2.24, 2.45) is 7.05 Å². The van der Waals surface area contributed by atoms with Crippen LogP contribution in [0.15, 0.2) is 55.0 Å². The molecular weight excluding hydrogens is 487 g/mol. The van der Waals surface area contributed by atoms with E-state index in [0.717, 1.165) is 16.3 Å². The zero-order chi connectivity index (χ0) is 25.7. The van der Waals surface area contributed by atoms with E-state index >= 15 is 0 Å². The first-order chi connectivity index (χ1) is 17.4. The fraction of sp³-hybridized carbons (Fsp3) is 0.280. The van der Waals surface area contributed by atoms with Crippen LogP contribution in [0.4, 0.5) is 14.9 Å². The Balaban J connectivity index is 1.61. The Bertz CT molecular complexity index is 1360. The molecule has 0 aliphatic heterocycles. The van der Waals surface area contributed by atoms with Gasteiger partial charge < -0.3 is 20.1 Å². The molecular formula is C25H26ClFN6O3.